The van der Waals surface area contributed by atoms with Crippen LogP contribution in [0.15, 0.2) is 16.6 Å². The van der Waals surface area contributed by atoms with E-state index in [1.54, 1.807) is 0 Å². The highest BCUT2D eigenvalue weighted by Crippen LogP contribution is 2.37. The van der Waals surface area contributed by atoms with Crippen molar-refractivity contribution in [1.29, 1.82) is 0 Å². The lowest BCUT2D eigenvalue weighted by Crippen LogP contribution is -2.12. The fourth-order valence-electron chi connectivity index (χ4n) is 2.37. The number of carbonyl (C=O) groups is 1. The summed E-state index contributed by atoms with van der Waals surface area (Å²) in [5, 5.41) is 8.60. The Labute approximate surface area is 121 Å². The lowest BCUT2D eigenvalue weighted by Gasteiger charge is -2.16. The Morgan fingerprint density at radius 3 is 3.00 bits per heavy atom. The van der Waals surface area contributed by atoms with Crippen LogP contribution in [-0.2, 0) is 11.2 Å². The molecule has 1 aromatic carbocycles. The molecule has 1 unspecified atom stereocenters. The van der Waals surface area contributed by atoms with Gasteiger partial charge < -0.3 is 15.6 Å². The summed E-state index contributed by atoms with van der Waals surface area (Å²) in [5.41, 5.74) is 8.43. The number of halogens is 1. The number of benzene rings is 1. The molecule has 1 heterocycles. The van der Waals surface area contributed by atoms with Gasteiger partial charge in [0.1, 0.15) is 5.75 Å². The van der Waals surface area contributed by atoms with Gasteiger partial charge in [0.2, 0.25) is 0 Å². The zero-order valence-electron chi connectivity index (χ0n) is 10.7. The largest absolute Gasteiger partial charge is 0.493 e. The summed E-state index contributed by atoms with van der Waals surface area (Å²) in [4.78, 5) is 10.5. The average Bonchev–Trinajstić information content (AvgIpc) is 2.80. The van der Waals surface area contributed by atoms with Gasteiger partial charge in [-0.15, -0.1) is 0 Å². The van der Waals surface area contributed by atoms with E-state index in [0.717, 1.165) is 35.0 Å². The van der Waals surface area contributed by atoms with Crippen LogP contribution in [0.4, 0.5) is 0 Å². The maximum Gasteiger partial charge on any atom is 0.303 e. The zero-order valence-corrected chi connectivity index (χ0v) is 12.3. The average molecular weight is 328 g/mol. The molecule has 0 fully saturated rings. The van der Waals surface area contributed by atoms with Crippen LogP contribution in [0.3, 0.4) is 0 Å². The number of unbranched alkanes of at least 4 members (excludes halogenated alkanes) is 1. The Morgan fingerprint density at radius 2 is 2.26 bits per heavy atom. The normalized spacial score (nSPS) is 14.8. The lowest BCUT2D eigenvalue weighted by atomic mass is 9.98. The molecule has 4 nitrogen and oxygen atoms in total. The van der Waals surface area contributed by atoms with E-state index in [9.17, 15) is 4.79 Å². The number of aliphatic carboxylic acids is 1. The molecule has 2 rings (SSSR count). The van der Waals surface area contributed by atoms with Gasteiger partial charge in [-0.3, -0.25) is 4.79 Å². The van der Waals surface area contributed by atoms with Crippen LogP contribution in [-0.4, -0.2) is 17.7 Å². The van der Waals surface area contributed by atoms with Crippen molar-refractivity contribution in [1.82, 2.24) is 0 Å². The third kappa shape index (κ3) is 3.70. The minimum Gasteiger partial charge on any atom is -0.493 e. The summed E-state index contributed by atoms with van der Waals surface area (Å²) >= 11 is 3.50. The lowest BCUT2D eigenvalue weighted by molar-refractivity contribution is -0.137. The van der Waals surface area contributed by atoms with Gasteiger partial charge in [0.25, 0.3) is 0 Å². The molecule has 0 bridgehead atoms. The van der Waals surface area contributed by atoms with Crippen molar-refractivity contribution in [3.05, 3.63) is 27.7 Å². The van der Waals surface area contributed by atoms with Crippen LogP contribution >= 0.6 is 15.9 Å². The highest BCUT2D eigenvalue weighted by atomic mass is 79.9. The van der Waals surface area contributed by atoms with E-state index in [0.29, 0.717) is 13.0 Å². The third-order valence-corrected chi connectivity index (χ3v) is 3.79. The summed E-state index contributed by atoms with van der Waals surface area (Å²) in [6.45, 7) is 0.713. The molecular formula is C14H18BrNO3. The van der Waals surface area contributed by atoms with Gasteiger partial charge in [-0.1, -0.05) is 22.4 Å². The molecule has 1 aromatic rings. The van der Waals surface area contributed by atoms with Gasteiger partial charge in [0.15, 0.2) is 0 Å². The molecule has 1 aliphatic heterocycles. The van der Waals surface area contributed by atoms with E-state index in [2.05, 4.69) is 22.0 Å². The molecule has 0 saturated heterocycles. The Hall–Kier alpha value is -1.07. The summed E-state index contributed by atoms with van der Waals surface area (Å²) in [6, 6.07) is 3.98. The second-order valence-electron chi connectivity index (χ2n) is 4.83. The highest BCUT2D eigenvalue weighted by molar-refractivity contribution is 9.10. The number of ether oxygens (including phenoxy) is 1. The molecular weight excluding hydrogens is 310 g/mol. The zero-order chi connectivity index (χ0) is 13.8. The Kier molecular flexibility index (Phi) is 4.82. The topological polar surface area (TPSA) is 72.6 Å². The number of hydrogen-bond donors (Lipinski definition) is 2. The smallest absolute Gasteiger partial charge is 0.303 e. The standard InChI is InChI=1S/C14H18BrNO3/c15-10-7-9-5-6-19-14(9)11(8-10)12(16)3-1-2-4-13(17)18/h7-8,12H,1-6,16H2,(H,17,18). The van der Waals surface area contributed by atoms with Crippen LogP contribution < -0.4 is 10.5 Å². The van der Waals surface area contributed by atoms with Gasteiger partial charge in [-0.25, -0.2) is 0 Å². The quantitative estimate of drug-likeness (QED) is 0.788. The van der Waals surface area contributed by atoms with Gasteiger partial charge in [0.05, 0.1) is 6.61 Å². The summed E-state index contributed by atoms with van der Waals surface area (Å²) in [6.07, 6.45) is 3.39. The SMILES string of the molecule is NC(CCCCC(=O)O)c1cc(Br)cc2c1OCC2. The van der Waals surface area contributed by atoms with Crippen molar-refractivity contribution in [3.8, 4) is 5.75 Å². The molecule has 1 aliphatic rings. The van der Waals surface area contributed by atoms with E-state index in [1.165, 1.54) is 5.56 Å². The number of nitrogens with two attached hydrogens (primary N) is 1. The Balaban J connectivity index is 1.99. The van der Waals surface area contributed by atoms with E-state index in [1.807, 2.05) is 6.07 Å². The number of carboxylic acid groups (broad SMARTS) is 1. The Bertz CT molecular complexity index is 476. The maximum atomic E-state index is 10.5. The highest BCUT2D eigenvalue weighted by Gasteiger charge is 2.21. The Morgan fingerprint density at radius 1 is 1.47 bits per heavy atom. The first-order valence-electron chi connectivity index (χ1n) is 6.50. The van der Waals surface area contributed by atoms with Crippen molar-refractivity contribution < 1.29 is 14.6 Å². The van der Waals surface area contributed by atoms with Crippen LogP contribution in [0.1, 0.15) is 42.9 Å². The van der Waals surface area contributed by atoms with Crippen molar-refractivity contribution in [2.24, 2.45) is 5.73 Å². The molecule has 19 heavy (non-hydrogen) atoms. The van der Waals surface area contributed by atoms with Crippen LogP contribution in [0, 0.1) is 0 Å². The molecule has 0 saturated carbocycles. The van der Waals surface area contributed by atoms with E-state index in [-0.39, 0.29) is 12.5 Å². The van der Waals surface area contributed by atoms with Crippen molar-refractivity contribution in [2.45, 2.75) is 38.1 Å². The van der Waals surface area contributed by atoms with Gasteiger partial charge in [-0.2, -0.15) is 0 Å². The monoisotopic (exact) mass is 327 g/mol. The molecule has 0 aliphatic carbocycles. The first-order chi connectivity index (χ1) is 9.08. The fourth-order valence-corrected chi connectivity index (χ4v) is 2.89. The number of hydrogen-bond acceptors (Lipinski definition) is 3. The minimum absolute atomic E-state index is 0.0989. The first-order valence-corrected chi connectivity index (χ1v) is 7.29. The number of fused-ring (bicyclic) bond motifs is 1. The van der Waals surface area contributed by atoms with E-state index in [4.69, 9.17) is 15.6 Å². The molecule has 0 spiro atoms. The van der Waals surface area contributed by atoms with Crippen molar-refractivity contribution >= 4 is 21.9 Å². The molecule has 5 heteroatoms. The molecule has 3 N–H and O–H groups in total. The molecule has 0 radical (unpaired) electrons. The van der Waals surface area contributed by atoms with Crippen LogP contribution in [0.2, 0.25) is 0 Å². The van der Waals surface area contributed by atoms with Crippen molar-refractivity contribution in [2.75, 3.05) is 6.61 Å². The summed E-state index contributed by atoms with van der Waals surface area (Å²) in [7, 11) is 0. The molecule has 0 amide bonds. The number of carboxylic acids is 1. The first kappa shape index (κ1) is 14.3. The van der Waals surface area contributed by atoms with Gasteiger partial charge in [0, 0.05) is 28.9 Å². The van der Waals surface area contributed by atoms with E-state index < -0.39 is 5.97 Å². The second-order valence-corrected chi connectivity index (χ2v) is 5.74. The minimum atomic E-state index is -0.750. The van der Waals surface area contributed by atoms with E-state index >= 15 is 0 Å². The second kappa shape index (κ2) is 6.39. The maximum absolute atomic E-state index is 10.5. The van der Waals surface area contributed by atoms with Gasteiger partial charge in [-0.05, 0) is 30.5 Å². The summed E-state index contributed by atoms with van der Waals surface area (Å²) < 4.78 is 6.68. The van der Waals surface area contributed by atoms with Gasteiger partial charge >= 0.3 is 5.97 Å². The molecule has 0 aromatic heterocycles. The third-order valence-electron chi connectivity index (χ3n) is 3.33. The number of rotatable bonds is 6. The fraction of sp³-hybridized carbons (Fsp3) is 0.500. The van der Waals surface area contributed by atoms with Crippen molar-refractivity contribution in [3.63, 3.8) is 0 Å². The molecule has 1 atom stereocenters. The predicted octanol–water partition coefficient (Wildman–Crippen LogP) is 3.03. The summed E-state index contributed by atoms with van der Waals surface area (Å²) in [5.74, 6) is 0.175. The molecule has 104 valence electrons. The predicted molar refractivity (Wildman–Crippen MR) is 76.4 cm³/mol. The van der Waals surface area contributed by atoms with Crippen LogP contribution in [0.5, 0.6) is 5.75 Å². The van der Waals surface area contributed by atoms with Crippen LogP contribution in [0.25, 0.3) is 0 Å².